The van der Waals surface area contributed by atoms with Gasteiger partial charge in [-0.2, -0.15) is 10.1 Å². The van der Waals surface area contributed by atoms with E-state index in [1.807, 2.05) is 50.4 Å². The molecular weight excluding hydrogens is 432 g/mol. The van der Waals surface area contributed by atoms with Crippen molar-refractivity contribution in [2.24, 2.45) is 5.10 Å². The van der Waals surface area contributed by atoms with Gasteiger partial charge in [0.05, 0.1) is 22.6 Å². The number of amides is 1. The van der Waals surface area contributed by atoms with Crippen LogP contribution in [0, 0.1) is 20.8 Å². The molecule has 0 radical (unpaired) electrons. The van der Waals surface area contributed by atoms with Gasteiger partial charge in [-0.05, 0) is 49.9 Å². The van der Waals surface area contributed by atoms with Crippen LogP contribution in [0.5, 0.6) is 0 Å². The third kappa shape index (κ3) is 3.66. The zero-order valence-electron chi connectivity index (χ0n) is 17.3. The van der Waals surface area contributed by atoms with E-state index in [4.69, 9.17) is 4.42 Å². The first-order chi connectivity index (χ1) is 15.0. The van der Waals surface area contributed by atoms with Crippen LogP contribution >= 0.6 is 23.1 Å². The number of carbonyl (C=O) groups is 1. The predicted octanol–water partition coefficient (Wildman–Crippen LogP) is 4.17. The zero-order chi connectivity index (χ0) is 21.5. The molecule has 1 aliphatic heterocycles. The molecule has 1 amide bonds. The molecule has 0 fully saturated rings. The number of hydrogen-bond acceptors (Lipinski definition) is 8. The highest BCUT2D eigenvalue weighted by atomic mass is 32.2. The molecule has 5 heterocycles. The second-order valence-corrected chi connectivity index (χ2v) is 9.19. The van der Waals surface area contributed by atoms with Crippen molar-refractivity contribution in [2.75, 3.05) is 5.75 Å². The van der Waals surface area contributed by atoms with Gasteiger partial charge < -0.3 is 4.42 Å². The van der Waals surface area contributed by atoms with E-state index in [9.17, 15) is 4.79 Å². The SMILES string of the molecule is Cc1nc2nc(SCC(=O)N3N=C(c4cccs4)C[C@@H]3c3ccco3)nn2c(C)c1C. The molecule has 4 aromatic heterocycles. The molecule has 158 valence electrons. The van der Waals surface area contributed by atoms with E-state index in [1.54, 1.807) is 22.1 Å². The van der Waals surface area contributed by atoms with Crippen molar-refractivity contribution in [1.82, 2.24) is 24.6 Å². The number of nitrogens with zero attached hydrogens (tertiary/aromatic N) is 6. The molecule has 1 atom stereocenters. The summed E-state index contributed by atoms with van der Waals surface area (Å²) in [4.78, 5) is 23.1. The van der Waals surface area contributed by atoms with Crippen molar-refractivity contribution in [3.05, 3.63) is 63.5 Å². The van der Waals surface area contributed by atoms with Crippen LogP contribution in [0.15, 0.2) is 50.6 Å². The summed E-state index contributed by atoms with van der Waals surface area (Å²) in [6.45, 7) is 5.96. The molecule has 0 unspecified atom stereocenters. The van der Waals surface area contributed by atoms with E-state index in [0.29, 0.717) is 17.4 Å². The number of thiophene rings is 1. The number of rotatable bonds is 5. The number of fused-ring (bicyclic) bond motifs is 1. The van der Waals surface area contributed by atoms with Gasteiger partial charge >= 0.3 is 0 Å². The van der Waals surface area contributed by atoms with E-state index in [-0.39, 0.29) is 17.7 Å². The number of hydrazone groups is 1. The lowest BCUT2D eigenvalue weighted by molar-refractivity contribution is -0.130. The molecule has 10 heteroatoms. The van der Waals surface area contributed by atoms with E-state index in [2.05, 4.69) is 20.2 Å². The topological polar surface area (TPSA) is 88.9 Å². The Kier molecular flexibility index (Phi) is 5.11. The third-order valence-corrected chi connectivity index (χ3v) is 7.15. The molecule has 0 saturated heterocycles. The van der Waals surface area contributed by atoms with Gasteiger partial charge in [0.15, 0.2) is 0 Å². The molecule has 0 saturated carbocycles. The van der Waals surface area contributed by atoms with Gasteiger partial charge in [0.1, 0.15) is 11.8 Å². The smallest absolute Gasteiger partial charge is 0.253 e. The number of carbonyl (C=O) groups excluding carboxylic acids is 1. The van der Waals surface area contributed by atoms with Gasteiger partial charge in [0.2, 0.25) is 5.16 Å². The lowest BCUT2D eigenvalue weighted by Crippen LogP contribution is -2.28. The van der Waals surface area contributed by atoms with Crippen LogP contribution in [0.25, 0.3) is 5.78 Å². The van der Waals surface area contributed by atoms with Crippen molar-refractivity contribution in [3.8, 4) is 0 Å². The first kappa shape index (κ1) is 20.0. The Morgan fingerprint density at radius 3 is 2.87 bits per heavy atom. The first-order valence-corrected chi connectivity index (χ1v) is 11.7. The Labute approximate surface area is 187 Å². The Morgan fingerprint density at radius 2 is 2.13 bits per heavy atom. The molecule has 1 aliphatic rings. The van der Waals surface area contributed by atoms with Crippen molar-refractivity contribution in [3.63, 3.8) is 0 Å². The standard InChI is InChI=1S/C21H20N6O2S2/c1-12-13(2)22-20-23-21(25-26(20)14(12)3)31-11-19(28)27-16(17-6-4-8-29-17)10-15(24-27)18-7-5-9-30-18/h4-9,16H,10-11H2,1-3H3/t16-/m1/s1. The second-order valence-electron chi connectivity index (χ2n) is 7.30. The fourth-order valence-electron chi connectivity index (χ4n) is 3.53. The van der Waals surface area contributed by atoms with Crippen LogP contribution in [0.4, 0.5) is 0 Å². The fraction of sp³-hybridized carbons (Fsp3) is 0.286. The summed E-state index contributed by atoms with van der Waals surface area (Å²) in [5, 5.41) is 13.2. The number of thioether (sulfide) groups is 1. The van der Waals surface area contributed by atoms with E-state index >= 15 is 0 Å². The number of hydrogen-bond donors (Lipinski definition) is 0. The van der Waals surface area contributed by atoms with Gasteiger partial charge in [-0.25, -0.2) is 14.5 Å². The highest BCUT2D eigenvalue weighted by molar-refractivity contribution is 7.99. The molecule has 8 nitrogen and oxygen atoms in total. The summed E-state index contributed by atoms with van der Waals surface area (Å²) in [5.74, 6) is 1.33. The number of aromatic nitrogens is 4. The first-order valence-electron chi connectivity index (χ1n) is 9.81. The molecule has 0 aromatic carbocycles. The minimum Gasteiger partial charge on any atom is -0.467 e. The molecule has 0 aliphatic carbocycles. The minimum absolute atomic E-state index is 0.117. The average molecular weight is 453 g/mol. The Balaban J connectivity index is 1.37. The average Bonchev–Trinajstić information content (AvgIpc) is 3.54. The van der Waals surface area contributed by atoms with Gasteiger partial charge in [-0.3, -0.25) is 4.79 Å². The summed E-state index contributed by atoms with van der Waals surface area (Å²) < 4.78 is 7.32. The monoisotopic (exact) mass is 452 g/mol. The van der Waals surface area contributed by atoms with Crippen LogP contribution in [0.3, 0.4) is 0 Å². The summed E-state index contributed by atoms with van der Waals surface area (Å²) >= 11 is 2.90. The minimum atomic E-state index is -0.247. The Morgan fingerprint density at radius 1 is 1.26 bits per heavy atom. The summed E-state index contributed by atoms with van der Waals surface area (Å²) in [6.07, 6.45) is 2.24. The van der Waals surface area contributed by atoms with Gasteiger partial charge in [0.25, 0.3) is 11.7 Å². The fourth-order valence-corrected chi connectivity index (χ4v) is 4.92. The molecular formula is C21H20N6O2S2. The second kappa shape index (κ2) is 7.93. The summed E-state index contributed by atoms with van der Waals surface area (Å²) in [5.41, 5.74) is 3.90. The molecule has 5 rings (SSSR count). The Hall–Kier alpha value is -2.98. The van der Waals surface area contributed by atoms with Crippen molar-refractivity contribution in [1.29, 1.82) is 0 Å². The van der Waals surface area contributed by atoms with Crippen LogP contribution in [-0.2, 0) is 4.79 Å². The van der Waals surface area contributed by atoms with Crippen molar-refractivity contribution < 1.29 is 9.21 Å². The predicted molar refractivity (Wildman–Crippen MR) is 119 cm³/mol. The van der Waals surface area contributed by atoms with Crippen LogP contribution in [0.2, 0.25) is 0 Å². The summed E-state index contributed by atoms with van der Waals surface area (Å²) in [7, 11) is 0. The normalized spacial score (nSPS) is 16.3. The van der Waals surface area contributed by atoms with Crippen LogP contribution in [0.1, 0.15) is 40.1 Å². The molecule has 4 aromatic rings. The van der Waals surface area contributed by atoms with Gasteiger partial charge in [-0.15, -0.1) is 16.4 Å². The largest absolute Gasteiger partial charge is 0.467 e. The lowest BCUT2D eigenvalue weighted by atomic mass is 10.1. The number of aryl methyl sites for hydroxylation is 2. The van der Waals surface area contributed by atoms with E-state index in [0.717, 1.165) is 33.3 Å². The maximum atomic E-state index is 13.1. The quantitative estimate of drug-likeness (QED) is 0.422. The van der Waals surface area contributed by atoms with Gasteiger partial charge in [0, 0.05) is 17.8 Å². The maximum absolute atomic E-state index is 13.1. The van der Waals surface area contributed by atoms with E-state index < -0.39 is 0 Å². The maximum Gasteiger partial charge on any atom is 0.253 e. The molecule has 31 heavy (non-hydrogen) atoms. The summed E-state index contributed by atoms with van der Waals surface area (Å²) in [6, 6.07) is 7.47. The zero-order valence-corrected chi connectivity index (χ0v) is 18.9. The highest BCUT2D eigenvalue weighted by Gasteiger charge is 2.35. The molecule has 0 N–H and O–H groups in total. The van der Waals surface area contributed by atoms with Crippen molar-refractivity contribution in [2.45, 2.75) is 38.4 Å². The highest BCUT2D eigenvalue weighted by Crippen LogP contribution is 2.34. The van der Waals surface area contributed by atoms with Gasteiger partial charge in [-0.1, -0.05) is 17.8 Å². The van der Waals surface area contributed by atoms with Crippen molar-refractivity contribution >= 4 is 40.5 Å². The van der Waals surface area contributed by atoms with E-state index in [1.165, 1.54) is 16.8 Å². The third-order valence-electron chi connectivity index (χ3n) is 5.41. The van der Waals surface area contributed by atoms with Crippen LogP contribution < -0.4 is 0 Å². The number of furan rings is 1. The van der Waals surface area contributed by atoms with Crippen LogP contribution in [-0.4, -0.2) is 42.0 Å². The molecule has 0 spiro atoms. The molecule has 0 bridgehead atoms. The Bertz CT molecular complexity index is 1280. The lowest BCUT2D eigenvalue weighted by Gasteiger charge is -2.19.